The summed E-state index contributed by atoms with van der Waals surface area (Å²) in [7, 11) is 0. The van der Waals surface area contributed by atoms with Crippen molar-refractivity contribution in [3.8, 4) is 0 Å². The minimum atomic E-state index is -0.0830. The van der Waals surface area contributed by atoms with Crippen molar-refractivity contribution in [2.75, 3.05) is 31.1 Å². The van der Waals surface area contributed by atoms with Crippen LogP contribution in [0.2, 0.25) is 10.0 Å². The van der Waals surface area contributed by atoms with Crippen LogP contribution in [0, 0.1) is 12.8 Å². The lowest BCUT2D eigenvalue weighted by Gasteiger charge is -2.41. The Morgan fingerprint density at radius 2 is 1.88 bits per heavy atom. The molecule has 178 valence electrons. The van der Waals surface area contributed by atoms with Gasteiger partial charge in [-0.1, -0.05) is 36.2 Å². The fraction of sp³-hybridized carbons (Fsp3) is 0.542. The molecule has 3 atom stereocenters. The van der Waals surface area contributed by atoms with Gasteiger partial charge in [0.25, 0.3) is 0 Å². The Bertz CT molecular complexity index is 1130. The molecular formula is C24H31Cl3N6. The largest absolute Gasteiger partial charge is 0.355 e. The van der Waals surface area contributed by atoms with Gasteiger partial charge in [-0.3, -0.25) is 4.90 Å². The van der Waals surface area contributed by atoms with Crippen molar-refractivity contribution in [2.24, 2.45) is 5.92 Å². The summed E-state index contributed by atoms with van der Waals surface area (Å²) in [6, 6.07) is 6.20. The molecule has 0 aliphatic carbocycles. The van der Waals surface area contributed by atoms with Crippen LogP contribution < -0.4 is 4.90 Å². The molecule has 0 N–H and O–H groups in total. The van der Waals surface area contributed by atoms with Crippen molar-refractivity contribution in [2.45, 2.75) is 52.1 Å². The lowest BCUT2D eigenvalue weighted by Crippen LogP contribution is -2.49. The minimum Gasteiger partial charge on any atom is -0.355 e. The molecule has 2 saturated heterocycles. The van der Waals surface area contributed by atoms with Gasteiger partial charge in [0.05, 0.1) is 17.9 Å². The van der Waals surface area contributed by atoms with E-state index in [2.05, 4.69) is 23.6 Å². The van der Waals surface area contributed by atoms with E-state index < -0.39 is 0 Å². The highest BCUT2D eigenvalue weighted by Crippen LogP contribution is 2.32. The topological polar surface area (TPSA) is 50.1 Å². The monoisotopic (exact) mass is 508 g/mol. The second kappa shape index (κ2) is 9.95. The third kappa shape index (κ3) is 4.68. The standard InChI is InChI=1S/C24H30Cl2N6.ClH/c1-15-14-31(11-8-21(15)30-9-4-5-10-30)22-13-27-23-16(2)29-32(24(23)28-22)17(3)19-7-6-18(25)12-20(19)26;/h6-7,12-13,15,17,21H,4-5,8-11,14H2,1-3H3;1H/t15-,17-,21+;/m1./s1. The van der Waals surface area contributed by atoms with Gasteiger partial charge in [-0.05, 0) is 69.8 Å². The maximum Gasteiger partial charge on any atom is 0.179 e. The van der Waals surface area contributed by atoms with Crippen molar-refractivity contribution in [1.29, 1.82) is 0 Å². The van der Waals surface area contributed by atoms with E-state index in [1.54, 1.807) is 6.07 Å². The number of benzene rings is 1. The first-order valence-electron chi connectivity index (χ1n) is 11.6. The van der Waals surface area contributed by atoms with Crippen LogP contribution in [0.1, 0.15) is 50.4 Å². The SMILES string of the molecule is Cc1nn([C@H](C)c2ccc(Cl)cc2Cl)c2nc(N3CC[C@H](N4CCCC4)[C@H](C)C3)cnc12.Cl. The molecule has 2 aliphatic heterocycles. The number of aromatic nitrogens is 4. The normalized spacial score (nSPS) is 22.5. The molecule has 0 amide bonds. The van der Waals surface area contributed by atoms with Crippen LogP contribution in [0.4, 0.5) is 5.82 Å². The molecule has 4 heterocycles. The fourth-order valence-corrected chi connectivity index (χ4v) is 5.96. The van der Waals surface area contributed by atoms with Gasteiger partial charge in [0.1, 0.15) is 11.3 Å². The average Bonchev–Trinajstić information content (AvgIpc) is 3.41. The average molecular weight is 510 g/mol. The van der Waals surface area contributed by atoms with Gasteiger partial charge in [-0.2, -0.15) is 5.10 Å². The summed E-state index contributed by atoms with van der Waals surface area (Å²) >= 11 is 12.6. The maximum atomic E-state index is 6.49. The third-order valence-electron chi connectivity index (χ3n) is 7.13. The number of nitrogens with zero attached hydrogens (tertiary/aromatic N) is 6. The summed E-state index contributed by atoms with van der Waals surface area (Å²) in [6.07, 6.45) is 5.77. The molecule has 0 bridgehead atoms. The van der Waals surface area contributed by atoms with Crippen LogP contribution in [0.5, 0.6) is 0 Å². The summed E-state index contributed by atoms with van der Waals surface area (Å²) in [5.41, 5.74) is 3.48. The molecule has 2 aliphatic rings. The van der Waals surface area contributed by atoms with E-state index in [-0.39, 0.29) is 18.4 Å². The summed E-state index contributed by atoms with van der Waals surface area (Å²) < 4.78 is 1.94. The lowest BCUT2D eigenvalue weighted by atomic mass is 9.92. The van der Waals surface area contributed by atoms with Crippen LogP contribution in [0.15, 0.2) is 24.4 Å². The van der Waals surface area contributed by atoms with Crippen LogP contribution in [-0.4, -0.2) is 56.9 Å². The second-order valence-electron chi connectivity index (χ2n) is 9.29. The van der Waals surface area contributed by atoms with E-state index >= 15 is 0 Å². The Labute approximate surface area is 211 Å². The molecule has 5 rings (SSSR count). The summed E-state index contributed by atoms with van der Waals surface area (Å²) in [4.78, 5) is 14.9. The van der Waals surface area contributed by atoms with Gasteiger partial charge < -0.3 is 4.90 Å². The van der Waals surface area contributed by atoms with Crippen molar-refractivity contribution in [3.05, 3.63) is 45.7 Å². The number of piperidine rings is 1. The zero-order valence-electron chi connectivity index (χ0n) is 19.3. The number of hydrogen-bond acceptors (Lipinski definition) is 5. The van der Waals surface area contributed by atoms with Gasteiger partial charge >= 0.3 is 0 Å². The molecule has 0 saturated carbocycles. The van der Waals surface area contributed by atoms with E-state index in [9.17, 15) is 0 Å². The van der Waals surface area contributed by atoms with Gasteiger partial charge in [-0.25, -0.2) is 14.6 Å². The molecule has 0 radical (unpaired) electrons. The van der Waals surface area contributed by atoms with Crippen molar-refractivity contribution in [3.63, 3.8) is 0 Å². The van der Waals surface area contributed by atoms with Gasteiger partial charge in [-0.15, -0.1) is 12.4 Å². The van der Waals surface area contributed by atoms with E-state index in [1.807, 2.05) is 29.9 Å². The number of anilines is 1. The Kier molecular flexibility index (Phi) is 7.39. The summed E-state index contributed by atoms with van der Waals surface area (Å²) in [6.45, 7) is 11.0. The van der Waals surface area contributed by atoms with Crippen LogP contribution in [-0.2, 0) is 0 Å². The second-order valence-corrected chi connectivity index (χ2v) is 10.1. The van der Waals surface area contributed by atoms with Crippen molar-refractivity contribution < 1.29 is 0 Å². The molecule has 33 heavy (non-hydrogen) atoms. The number of hydrogen-bond donors (Lipinski definition) is 0. The first kappa shape index (κ1) is 24.5. The molecule has 2 fully saturated rings. The van der Waals surface area contributed by atoms with Crippen LogP contribution >= 0.6 is 35.6 Å². The van der Waals surface area contributed by atoms with E-state index in [0.29, 0.717) is 22.0 Å². The van der Waals surface area contributed by atoms with Gasteiger partial charge in [0.2, 0.25) is 0 Å². The molecule has 9 heteroatoms. The van der Waals surface area contributed by atoms with Crippen molar-refractivity contribution >= 4 is 52.6 Å². The van der Waals surface area contributed by atoms with E-state index in [0.717, 1.165) is 41.3 Å². The molecular weight excluding hydrogens is 479 g/mol. The first-order valence-corrected chi connectivity index (χ1v) is 12.3. The number of likely N-dealkylation sites (tertiary alicyclic amines) is 1. The predicted octanol–water partition coefficient (Wildman–Crippen LogP) is 5.78. The smallest absolute Gasteiger partial charge is 0.179 e. The highest BCUT2D eigenvalue weighted by molar-refractivity contribution is 6.35. The molecule has 1 aromatic carbocycles. The number of fused-ring (bicyclic) bond motifs is 1. The molecule has 6 nitrogen and oxygen atoms in total. The lowest BCUT2D eigenvalue weighted by molar-refractivity contribution is 0.158. The number of aryl methyl sites for hydroxylation is 1. The number of rotatable bonds is 4. The van der Waals surface area contributed by atoms with Crippen LogP contribution in [0.25, 0.3) is 11.2 Å². The highest BCUT2D eigenvalue weighted by atomic mass is 35.5. The quantitative estimate of drug-likeness (QED) is 0.446. The van der Waals surface area contributed by atoms with Gasteiger partial charge in [0.15, 0.2) is 5.65 Å². The third-order valence-corrected chi connectivity index (χ3v) is 7.69. The maximum absolute atomic E-state index is 6.49. The molecule has 0 spiro atoms. The summed E-state index contributed by atoms with van der Waals surface area (Å²) in [5, 5.41) is 6.03. The summed E-state index contributed by atoms with van der Waals surface area (Å²) in [5.74, 6) is 1.54. The Morgan fingerprint density at radius 3 is 2.58 bits per heavy atom. The highest BCUT2D eigenvalue weighted by Gasteiger charge is 2.32. The first-order chi connectivity index (χ1) is 15.4. The van der Waals surface area contributed by atoms with Gasteiger partial charge in [0, 0.05) is 29.2 Å². The fourth-order valence-electron chi connectivity index (χ4n) is 5.39. The van der Waals surface area contributed by atoms with E-state index in [4.69, 9.17) is 38.3 Å². The molecule has 3 aromatic rings. The Morgan fingerprint density at radius 1 is 1.12 bits per heavy atom. The van der Waals surface area contributed by atoms with Crippen LogP contribution in [0.3, 0.4) is 0 Å². The zero-order chi connectivity index (χ0) is 22.4. The van der Waals surface area contributed by atoms with Crippen molar-refractivity contribution in [1.82, 2.24) is 24.6 Å². The Balaban J connectivity index is 0.00000259. The minimum absolute atomic E-state index is 0. The number of halogens is 3. The zero-order valence-corrected chi connectivity index (χ0v) is 21.7. The molecule has 2 aromatic heterocycles. The predicted molar refractivity (Wildman–Crippen MR) is 138 cm³/mol. The molecule has 0 unspecified atom stereocenters. The van der Waals surface area contributed by atoms with E-state index in [1.165, 1.54) is 32.4 Å². The Hall–Kier alpha value is -1.60.